The molecule has 20 heavy (non-hydrogen) atoms. The van der Waals surface area contributed by atoms with Gasteiger partial charge >= 0.3 is 0 Å². The summed E-state index contributed by atoms with van der Waals surface area (Å²) in [4.78, 5) is 15.4. The van der Waals surface area contributed by atoms with E-state index >= 15 is 0 Å². The number of thiazole rings is 1. The lowest BCUT2D eigenvalue weighted by molar-refractivity contribution is -0.117. The predicted octanol–water partition coefficient (Wildman–Crippen LogP) is 3.47. The van der Waals surface area contributed by atoms with Crippen LogP contribution in [0, 0.1) is 0 Å². The van der Waals surface area contributed by atoms with Crippen LogP contribution in [0.4, 0.5) is 5.13 Å². The Bertz CT molecular complexity index is 636. The third-order valence-corrected chi connectivity index (χ3v) is 3.92. The molecule has 1 aromatic heterocycles. The summed E-state index contributed by atoms with van der Waals surface area (Å²) in [5.74, 6) is -0.189. The number of unbranched alkanes of at least 4 members (excludes halogenated alkanes) is 1. The van der Waals surface area contributed by atoms with Crippen LogP contribution in [0.3, 0.4) is 0 Å². The van der Waals surface area contributed by atoms with Crippen molar-refractivity contribution in [2.24, 2.45) is 0 Å². The molecule has 2 N–H and O–H groups in total. The Morgan fingerprint density at radius 2 is 2.25 bits per heavy atom. The summed E-state index contributed by atoms with van der Waals surface area (Å²) in [5, 5.41) is 6.44. The van der Waals surface area contributed by atoms with Crippen molar-refractivity contribution in [3.05, 3.63) is 23.8 Å². The van der Waals surface area contributed by atoms with E-state index in [2.05, 4.69) is 34.7 Å². The molecule has 0 saturated carbocycles. The molecular formula is C14H17N3OS2. The average Bonchev–Trinajstić information content (AvgIpc) is 2.76. The van der Waals surface area contributed by atoms with E-state index in [1.165, 1.54) is 36.7 Å². The van der Waals surface area contributed by atoms with Crippen molar-refractivity contribution in [3.63, 3.8) is 0 Å². The topological polar surface area (TPSA) is 54.0 Å². The van der Waals surface area contributed by atoms with E-state index in [1.807, 2.05) is 6.07 Å². The van der Waals surface area contributed by atoms with Gasteiger partial charge in [-0.2, -0.15) is 0 Å². The Balaban J connectivity index is 2.12. The number of nitrogens with one attached hydrogen (secondary N) is 2. The van der Waals surface area contributed by atoms with Crippen LogP contribution in [0.25, 0.3) is 10.2 Å². The number of anilines is 1. The van der Waals surface area contributed by atoms with Crippen molar-refractivity contribution in [1.82, 2.24) is 10.3 Å². The quantitative estimate of drug-likeness (QED) is 0.849. The zero-order chi connectivity index (χ0) is 14.5. The molecule has 0 bridgehead atoms. The number of amides is 1. The molecule has 0 spiro atoms. The Morgan fingerprint density at radius 3 is 2.95 bits per heavy atom. The van der Waals surface area contributed by atoms with Crippen LogP contribution in [-0.2, 0) is 11.2 Å². The van der Waals surface area contributed by atoms with Crippen molar-refractivity contribution in [1.29, 1.82) is 0 Å². The second kappa shape index (κ2) is 6.76. The summed E-state index contributed by atoms with van der Waals surface area (Å²) in [6, 6.07) is 6.33. The highest BCUT2D eigenvalue weighted by Gasteiger charge is 2.07. The molecule has 2 aromatic rings. The van der Waals surface area contributed by atoms with E-state index in [9.17, 15) is 4.79 Å². The third-order valence-electron chi connectivity index (χ3n) is 2.78. The fraction of sp³-hybridized carbons (Fsp3) is 0.357. The van der Waals surface area contributed by atoms with E-state index in [1.54, 1.807) is 0 Å². The van der Waals surface area contributed by atoms with Gasteiger partial charge in [0.05, 0.1) is 10.2 Å². The molecule has 0 atom stereocenters. The van der Waals surface area contributed by atoms with Crippen LogP contribution in [0.2, 0.25) is 0 Å². The number of thiocarbonyl (C=S) groups is 1. The van der Waals surface area contributed by atoms with Crippen LogP contribution >= 0.6 is 23.6 Å². The van der Waals surface area contributed by atoms with Gasteiger partial charge in [0.15, 0.2) is 10.2 Å². The predicted molar refractivity (Wildman–Crippen MR) is 88.3 cm³/mol. The van der Waals surface area contributed by atoms with Gasteiger partial charge in [-0.3, -0.25) is 4.79 Å². The zero-order valence-electron chi connectivity index (χ0n) is 11.5. The molecule has 1 amide bonds. The minimum absolute atomic E-state index is 0.189. The van der Waals surface area contributed by atoms with Gasteiger partial charge < -0.3 is 10.6 Å². The van der Waals surface area contributed by atoms with E-state index in [0.717, 1.165) is 16.6 Å². The number of fused-ring (bicyclic) bond motifs is 1. The number of hydrogen-bond acceptors (Lipinski definition) is 4. The summed E-state index contributed by atoms with van der Waals surface area (Å²) < 4.78 is 1.13. The fourth-order valence-corrected chi connectivity index (χ4v) is 3.09. The minimum atomic E-state index is -0.189. The first kappa shape index (κ1) is 14.9. The number of hydrogen-bond donors (Lipinski definition) is 2. The van der Waals surface area contributed by atoms with Crippen molar-refractivity contribution >= 4 is 49.9 Å². The van der Waals surface area contributed by atoms with Gasteiger partial charge in [-0.05, 0) is 42.8 Å². The van der Waals surface area contributed by atoms with Crippen molar-refractivity contribution in [2.45, 2.75) is 33.1 Å². The number of benzene rings is 1. The summed E-state index contributed by atoms with van der Waals surface area (Å²) in [7, 11) is 0. The Labute approximate surface area is 127 Å². The summed E-state index contributed by atoms with van der Waals surface area (Å²) in [6.45, 7) is 3.61. The number of aromatic nitrogens is 1. The zero-order valence-corrected chi connectivity index (χ0v) is 13.2. The van der Waals surface area contributed by atoms with E-state index in [0.29, 0.717) is 5.13 Å². The SMILES string of the molecule is CCCCc1ccc2nc(NC(=S)NC(C)=O)sc2c1. The standard InChI is InChI=1S/C14H17N3OS2/c1-3-4-5-10-6-7-11-12(8-10)20-14(16-11)17-13(19)15-9(2)18/h6-8H,3-5H2,1-2H3,(H2,15,16,17,18,19). The van der Waals surface area contributed by atoms with Gasteiger partial charge in [0.25, 0.3) is 0 Å². The fourth-order valence-electron chi connectivity index (χ4n) is 1.85. The number of carbonyl (C=O) groups is 1. The summed E-state index contributed by atoms with van der Waals surface area (Å²) >= 11 is 6.56. The molecule has 0 aliphatic heterocycles. The van der Waals surface area contributed by atoms with Crippen molar-refractivity contribution < 1.29 is 4.79 Å². The van der Waals surface area contributed by atoms with Crippen LogP contribution < -0.4 is 10.6 Å². The molecule has 106 valence electrons. The van der Waals surface area contributed by atoms with Crippen molar-refractivity contribution in [2.75, 3.05) is 5.32 Å². The Kier molecular flexibility index (Phi) is 5.03. The monoisotopic (exact) mass is 307 g/mol. The first-order chi connectivity index (χ1) is 9.58. The number of aryl methyl sites for hydroxylation is 1. The Morgan fingerprint density at radius 1 is 1.45 bits per heavy atom. The van der Waals surface area contributed by atoms with Crippen LogP contribution in [0.15, 0.2) is 18.2 Å². The molecule has 0 aliphatic carbocycles. The number of nitrogens with zero attached hydrogens (tertiary/aromatic N) is 1. The second-order valence-corrected chi connectivity index (χ2v) is 6.00. The van der Waals surface area contributed by atoms with Gasteiger partial charge in [0, 0.05) is 6.92 Å². The number of rotatable bonds is 4. The normalized spacial score (nSPS) is 10.5. The van der Waals surface area contributed by atoms with Crippen LogP contribution in [0.5, 0.6) is 0 Å². The summed E-state index contributed by atoms with van der Waals surface area (Å²) in [5.41, 5.74) is 2.28. The maximum atomic E-state index is 10.9. The average molecular weight is 307 g/mol. The molecule has 2 rings (SSSR count). The molecule has 0 fully saturated rings. The molecule has 0 aliphatic rings. The van der Waals surface area contributed by atoms with Crippen LogP contribution in [0.1, 0.15) is 32.3 Å². The van der Waals surface area contributed by atoms with Gasteiger partial charge in [-0.25, -0.2) is 4.98 Å². The van der Waals surface area contributed by atoms with Gasteiger partial charge in [-0.15, -0.1) is 0 Å². The molecule has 1 heterocycles. The van der Waals surface area contributed by atoms with Gasteiger partial charge in [0.1, 0.15) is 0 Å². The van der Waals surface area contributed by atoms with Crippen molar-refractivity contribution in [3.8, 4) is 0 Å². The molecule has 4 nitrogen and oxygen atoms in total. The maximum absolute atomic E-state index is 10.9. The minimum Gasteiger partial charge on any atom is -0.308 e. The van der Waals surface area contributed by atoms with E-state index in [4.69, 9.17) is 12.2 Å². The molecule has 0 radical (unpaired) electrons. The number of carbonyl (C=O) groups excluding carboxylic acids is 1. The molecule has 6 heteroatoms. The first-order valence-electron chi connectivity index (χ1n) is 6.56. The van der Waals surface area contributed by atoms with Crippen LogP contribution in [-0.4, -0.2) is 16.0 Å². The molecular weight excluding hydrogens is 290 g/mol. The molecule has 1 aromatic carbocycles. The van der Waals surface area contributed by atoms with E-state index in [-0.39, 0.29) is 11.0 Å². The highest BCUT2D eigenvalue weighted by molar-refractivity contribution is 7.80. The molecule has 0 saturated heterocycles. The highest BCUT2D eigenvalue weighted by Crippen LogP contribution is 2.27. The lowest BCUT2D eigenvalue weighted by Gasteiger charge is -2.03. The second-order valence-electron chi connectivity index (χ2n) is 4.56. The summed E-state index contributed by atoms with van der Waals surface area (Å²) in [6.07, 6.45) is 3.48. The lowest BCUT2D eigenvalue weighted by Crippen LogP contribution is -2.32. The van der Waals surface area contributed by atoms with Gasteiger partial charge in [-0.1, -0.05) is 30.7 Å². The smallest absolute Gasteiger partial charge is 0.222 e. The molecule has 0 unspecified atom stereocenters. The maximum Gasteiger partial charge on any atom is 0.222 e. The largest absolute Gasteiger partial charge is 0.308 e. The first-order valence-corrected chi connectivity index (χ1v) is 7.79. The van der Waals surface area contributed by atoms with E-state index < -0.39 is 0 Å². The highest BCUT2D eigenvalue weighted by atomic mass is 32.1. The lowest BCUT2D eigenvalue weighted by atomic mass is 10.1. The van der Waals surface area contributed by atoms with Gasteiger partial charge in [0.2, 0.25) is 5.91 Å². The Hall–Kier alpha value is -1.53. The third kappa shape index (κ3) is 3.98.